The fourth-order valence-corrected chi connectivity index (χ4v) is 7.45. The van der Waals surface area contributed by atoms with Crippen LogP contribution in [0, 0.1) is 0 Å². The molecule has 0 amide bonds. The number of rotatable bonds is 8. The molecule has 9 heteroatoms. The van der Waals surface area contributed by atoms with Crippen LogP contribution in [0.15, 0.2) is 121 Å². The molecule has 7 aromatic rings. The number of H-pyrrole nitrogens is 2. The van der Waals surface area contributed by atoms with Gasteiger partial charge in [0.2, 0.25) is 0 Å². The minimum atomic E-state index is 0. The quantitative estimate of drug-likeness (QED) is 0.159. The van der Waals surface area contributed by atoms with Crippen LogP contribution in [0.2, 0.25) is 0 Å². The summed E-state index contributed by atoms with van der Waals surface area (Å²) in [5.41, 5.74) is 14.8. The van der Waals surface area contributed by atoms with Crippen LogP contribution in [-0.2, 0) is 16.8 Å². The topological polar surface area (TPSA) is 94.3 Å². The zero-order chi connectivity index (χ0) is 38.2. The molecule has 0 spiro atoms. The summed E-state index contributed by atoms with van der Waals surface area (Å²) in [5.74, 6) is 3.12. The molecular formula is C48H38CoN4O4+2. The normalized spacial score (nSPS) is 11.6. The number of methoxy groups -OCH3 is 4. The molecule has 5 heterocycles. The molecule has 9 rings (SSSR count). The number of hydrogen-bond donors (Lipinski definition) is 2. The maximum Gasteiger partial charge on any atom is 2.00 e. The molecule has 0 saturated carbocycles. The Labute approximate surface area is 340 Å². The van der Waals surface area contributed by atoms with Gasteiger partial charge in [0.05, 0.1) is 51.2 Å². The van der Waals surface area contributed by atoms with E-state index in [-0.39, 0.29) is 16.8 Å². The number of ether oxygens (including phenoxy) is 4. The molecule has 4 aromatic carbocycles. The average Bonchev–Trinajstić information content (AvgIpc) is 4.10. The predicted molar refractivity (Wildman–Crippen MR) is 227 cm³/mol. The van der Waals surface area contributed by atoms with Crippen LogP contribution in [0.5, 0.6) is 23.0 Å². The average molecular weight is 794 g/mol. The molecule has 0 atom stereocenters. The second kappa shape index (κ2) is 15.7. The molecule has 281 valence electrons. The van der Waals surface area contributed by atoms with E-state index < -0.39 is 0 Å². The van der Waals surface area contributed by atoms with Gasteiger partial charge >= 0.3 is 16.8 Å². The monoisotopic (exact) mass is 793 g/mol. The maximum absolute atomic E-state index is 5.53. The van der Waals surface area contributed by atoms with Crippen molar-refractivity contribution >= 4 is 46.4 Å². The van der Waals surface area contributed by atoms with Crippen LogP contribution in [0.3, 0.4) is 0 Å². The van der Waals surface area contributed by atoms with Gasteiger partial charge < -0.3 is 28.9 Å². The van der Waals surface area contributed by atoms with Crippen molar-refractivity contribution in [2.45, 2.75) is 0 Å². The minimum Gasteiger partial charge on any atom is -0.497 e. The summed E-state index contributed by atoms with van der Waals surface area (Å²) in [7, 11) is 6.71. The molecule has 3 aromatic heterocycles. The van der Waals surface area contributed by atoms with Crippen LogP contribution in [0.4, 0.5) is 0 Å². The van der Waals surface area contributed by atoms with Crippen LogP contribution < -0.4 is 18.9 Å². The fourth-order valence-electron chi connectivity index (χ4n) is 7.45. The van der Waals surface area contributed by atoms with E-state index >= 15 is 0 Å². The summed E-state index contributed by atoms with van der Waals surface area (Å²) < 4.78 is 22.1. The van der Waals surface area contributed by atoms with Gasteiger partial charge in [-0.25, -0.2) is 9.97 Å². The van der Waals surface area contributed by atoms with Gasteiger partial charge in [0, 0.05) is 44.3 Å². The minimum absolute atomic E-state index is 0. The Bertz CT molecular complexity index is 2440. The summed E-state index contributed by atoms with van der Waals surface area (Å²) in [6.45, 7) is 0. The van der Waals surface area contributed by atoms with Crippen molar-refractivity contribution < 1.29 is 35.7 Å². The third kappa shape index (κ3) is 6.99. The number of benzene rings is 4. The number of hydrogen-bond acceptors (Lipinski definition) is 6. The molecule has 0 fully saturated rings. The molecule has 0 aliphatic carbocycles. The van der Waals surface area contributed by atoms with Gasteiger partial charge in [-0.05, 0) is 119 Å². The molecule has 2 aliphatic heterocycles. The van der Waals surface area contributed by atoms with Crippen molar-refractivity contribution in [3.8, 4) is 67.5 Å². The number of fused-ring (bicyclic) bond motifs is 8. The van der Waals surface area contributed by atoms with Gasteiger partial charge in [0.15, 0.2) is 0 Å². The van der Waals surface area contributed by atoms with Crippen molar-refractivity contribution in [2.75, 3.05) is 28.4 Å². The molecule has 57 heavy (non-hydrogen) atoms. The van der Waals surface area contributed by atoms with Gasteiger partial charge in [-0.15, -0.1) is 0 Å². The molecule has 0 unspecified atom stereocenters. The Morgan fingerprint density at radius 2 is 0.526 bits per heavy atom. The second-order valence-electron chi connectivity index (χ2n) is 13.4. The zero-order valence-electron chi connectivity index (χ0n) is 31.7. The number of nitrogens with zero attached hydrogens (tertiary/aromatic N) is 2. The number of aromatic amines is 2. The summed E-state index contributed by atoms with van der Waals surface area (Å²) >= 11 is 0. The standard InChI is InChI=1S/C48H38N4O4.Co/c1-53-33-13-5-29(6-14-33)45-37-21-23-39(49-37)46(30-7-15-34(54-2)16-8-30)41-25-27-43(51-41)48(32-11-19-36(56-4)20-12-32)44-28-26-42(52-44)47(40-24-22-38(45)50-40)31-9-17-35(55-3)18-10-31;/h5-28,49,52H,1-4H3;/q;+2. The summed E-state index contributed by atoms with van der Waals surface area (Å²) in [6.07, 6.45) is 8.37. The van der Waals surface area contributed by atoms with Crippen LogP contribution >= 0.6 is 0 Å². The predicted octanol–water partition coefficient (Wildman–Crippen LogP) is 11.4. The van der Waals surface area contributed by atoms with Gasteiger partial charge in [-0.3, -0.25) is 0 Å². The molecule has 2 aliphatic rings. The number of aromatic nitrogens is 4. The summed E-state index contributed by atoms with van der Waals surface area (Å²) in [4.78, 5) is 18.4. The van der Waals surface area contributed by atoms with Gasteiger partial charge in [-0.1, -0.05) is 48.5 Å². The van der Waals surface area contributed by atoms with Gasteiger partial charge in [0.25, 0.3) is 0 Å². The van der Waals surface area contributed by atoms with E-state index in [1.54, 1.807) is 28.4 Å². The van der Waals surface area contributed by atoms with Crippen molar-refractivity contribution in [3.05, 3.63) is 144 Å². The third-order valence-electron chi connectivity index (χ3n) is 10.3. The van der Waals surface area contributed by atoms with E-state index in [0.717, 1.165) is 112 Å². The van der Waals surface area contributed by atoms with E-state index in [1.807, 2.05) is 48.5 Å². The first-order chi connectivity index (χ1) is 27.5. The molecule has 8 nitrogen and oxygen atoms in total. The van der Waals surface area contributed by atoms with Gasteiger partial charge in [0.1, 0.15) is 23.0 Å². The fraction of sp³-hybridized carbons (Fsp3) is 0.0833. The van der Waals surface area contributed by atoms with Crippen LogP contribution in [0.25, 0.3) is 90.9 Å². The van der Waals surface area contributed by atoms with E-state index in [0.29, 0.717) is 0 Å². The van der Waals surface area contributed by atoms with E-state index in [2.05, 4.69) is 107 Å². The molecule has 2 N–H and O–H groups in total. The smallest absolute Gasteiger partial charge is 0.497 e. The first-order valence-electron chi connectivity index (χ1n) is 18.3. The van der Waals surface area contributed by atoms with Crippen molar-refractivity contribution in [1.29, 1.82) is 0 Å². The molecule has 1 radical (unpaired) electrons. The Morgan fingerprint density at radius 1 is 0.316 bits per heavy atom. The third-order valence-corrected chi connectivity index (χ3v) is 10.3. The Morgan fingerprint density at radius 3 is 0.719 bits per heavy atom. The summed E-state index contributed by atoms with van der Waals surface area (Å²) in [5, 5.41) is 0. The van der Waals surface area contributed by atoms with E-state index in [1.165, 1.54) is 0 Å². The Balaban J connectivity index is 0.00000455. The first-order valence-corrected chi connectivity index (χ1v) is 18.3. The van der Waals surface area contributed by atoms with Gasteiger partial charge in [-0.2, -0.15) is 0 Å². The van der Waals surface area contributed by atoms with E-state index in [9.17, 15) is 0 Å². The Kier molecular flexibility index (Phi) is 10.3. The largest absolute Gasteiger partial charge is 2.00 e. The Hall–Kier alpha value is -6.81. The molecule has 0 saturated heterocycles. The van der Waals surface area contributed by atoms with Crippen molar-refractivity contribution in [1.82, 2.24) is 19.9 Å². The van der Waals surface area contributed by atoms with E-state index in [4.69, 9.17) is 28.9 Å². The second-order valence-corrected chi connectivity index (χ2v) is 13.4. The van der Waals surface area contributed by atoms with Crippen LogP contribution in [0.1, 0.15) is 22.8 Å². The van der Waals surface area contributed by atoms with Crippen LogP contribution in [-0.4, -0.2) is 48.4 Å². The summed E-state index contributed by atoms with van der Waals surface area (Å²) in [6, 6.07) is 40.9. The number of nitrogens with one attached hydrogen (secondary N) is 2. The molecular weight excluding hydrogens is 755 g/mol. The SMILES string of the molecule is COc1ccc(-c2c3nc(c(-c4ccc(OC)cc4)c4ccc([nH]4)c(-c4ccc(OC)cc4)c4nc(c(-c5ccc(OC)cc5)c5ccc2[nH]5)C=C4)C=C3)cc1.[Co+2]. The maximum atomic E-state index is 5.53. The molecule has 8 bridgehead atoms. The zero-order valence-corrected chi connectivity index (χ0v) is 32.8. The van der Waals surface area contributed by atoms with Crippen molar-refractivity contribution in [3.63, 3.8) is 0 Å². The first kappa shape index (κ1) is 37.1. The van der Waals surface area contributed by atoms with Crippen molar-refractivity contribution in [2.24, 2.45) is 0 Å².